The number of anilines is 5. The predicted molar refractivity (Wildman–Crippen MR) is 119 cm³/mol. The summed E-state index contributed by atoms with van der Waals surface area (Å²) in [5.41, 5.74) is 12.1. The van der Waals surface area contributed by atoms with E-state index in [0.29, 0.717) is 17.3 Å². The van der Waals surface area contributed by atoms with Gasteiger partial charge >= 0.3 is 0 Å². The van der Waals surface area contributed by atoms with Crippen molar-refractivity contribution in [3.8, 4) is 0 Å². The van der Waals surface area contributed by atoms with E-state index in [2.05, 4.69) is 62.1 Å². The maximum absolute atomic E-state index is 6.41. The van der Waals surface area contributed by atoms with Crippen LogP contribution in [0.5, 0.6) is 0 Å². The summed E-state index contributed by atoms with van der Waals surface area (Å²) in [5.74, 6) is 2.07. The van der Waals surface area contributed by atoms with E-state index in [1.165, 1.54) is 16.8 Å². The van der Waals surface area contributed by atoms with Crippen molar-refractivity contribution in [3.05, 3.63) is 59.5 Å². The Morgan fingerprint density at radius 3 is 2.38 bits per heavy atom. The highest BCUT2D eigenvalue weighted by Crippen LogP contribution is 2.30. The Bertz CT molecular complexity index is 993. The van der Waals surface area contributed by atoms with Gasteiger partial charge in [0.15, 0.2) is 11.6 Å². The molecule has 4 rings (SSSR count). The van der Waals surface area contributed by atoms with E-state index in [9.17, 15) is 0 Å². The number of aromatic nitrogens is 3. The summed E-state index contributed by atoms with van der Waals surface area (Å²) in [6, 6.07) is 10.4. The summed E-state index contributed by atoms with van der Waals surface area (Å²) in [6.45, 7) is 9.93. The van der Waals surface area contributed by atoms with Crippen LogP contribution < -0.4 is 20.9 Å². The molecule has 2 aromatic heterocycles. The van der Waals surface area contributed by atoms with Crippen LogP contribution in [-0.4, -0.2) is 41.1 Å². The number of piperazine rings is 1. The lowest BCUT2D eigenvalue weighted by Gasteiger charge is -2.38. The van der Waals surface area contributed by atoms with Gasteiger partial charge in [-0.1, -0.05) is 18.2 Å². The maximum Gasteiger partial charge on any atom is 0.160 e. The Hall–Kier alpha value is -3.35. The summed E-state index contributed by atoms with van der Waals surface area (Å²) in [5, 5.41) is 3.20. The first-order chi connectivity index (χ1) is 14.0. The Morgan fingerprint density at radius 2 is 1.66 bits per heavy atom. The number of nitrogens with one attached hydrogen (secondary N) is 1. The van der Waals surface area contributed by atoms with Crippen LogP contribution in [0.1, 0.15) is 16.7 Å². The molecule has 1 fully saturated rings. The lowest BCUT2D eigenvalue weighted by atomic mass is 10.1. The number of pyridine rings is 1. The molecule has 3 heterocycles. The molecule has 150 valence electrons. The van der Waals surface area contributed by atoms with Gasteiger partial charge in [-0.3, -0.25) is 0 Å². The second-order valence-corrected chi connectivity index (χ2v) is 7.50. The van der Waals surface area contributed by atoms with E-state index in [1.54, 1.807) is 6.33 Å². The molecule has 0 amide bonds. The number of hydrogen-bond acceptors (Lipinski definition) is 7. The van der Waals surface area contributed by atoms with Crippen molar-refractivity contribution in [1.29, 1.82) is 0 Å². The number of benzene rings is 1. The predicted octanol–water partition coefficient (Wildman–Crippen LogP) is 3.45. The molecule has 0 spiro atoms. The van der Waals surface area contributed by atoms with Crippen LogP contribution in [0.15, 0.2) is 42.9 Å². The molecule has 1 aliphatic heterocycles. The van der Waals surface area contributed by atoms with Crippen LogP contribution >= 0.6 is 0 Å². The van der Waals surface area contributed by atoms with Crippen molar-refractivity contribution in [1.82, 2.24) is 15.0 Å². The number of aryl methyl sites for hydroxylation is 2. The fraction of sp³-hybridized carbons (Fsp3) is 0.318. The van der Waals surface area contributed by atoms with E-state index in [0.717, 1.165) is 37.6 Å². The molecule has 0 unspecified atom stereocenters. The van der Waals surface area contributed by atoms with Crippen molar-refractivity contribution in [2.75, 3.05) is 47.0 Å². The average molecular weight is 390 g/mol. The van der Waals surface area contributed by atoms with Gasteiger partial charge in [0.25, 0.3) is 0 Å². The highest BCUT2D eigenvalue weighted by Gasteiger charge is 2.22. The zero-order valence-electron chi connectivity index (χ0n) is 17.2. The fourth-order valence-corrected chi connectivity index (χ4v) is 3.64. The van der Waals surface area contributed by atoms with E-state index in [4.69, 9.17) is 5.73 Å². The molecule has 0 atom stereocenters. The third kappa shape index (κ3) is 3.94. The molecule has 1 aliphatic rings. The van der Waals surface area contributed by atoms with Crippen LogP contribution in [0.3, 0.4) is 0 Å². The minimum Gasteiger partial charge on any atom is -0.393 e. The van der Waals surface area contributed by atoms with Gasteiger partial charge in [-0.15, -0.1) is 0 Å². The standard InChI is InChI=1S/C22H27N7/c1-15-7-8-19(24-13-15)27-21-20(23)22(26-14-25-21)29-11-9-28(10-12-29)18-6-4-5-16(2)17(18)3/h4-8,13-14H,9-12,23H2,1-3H3,(H,24,25,26,27). The third-order valence-electron chi connectivity index (χ3n) is 5.52. The van der Waals surface area contributed by atoms with Gasteiger partial charge in [-0.2, -0.15) is 0 Å². The quantitative estimate of drug-likeness (QED) is 0.707. The lowest BCUT2D eigenvalue weighted by Crippen LogP contribution is -2.47. The molecule has 29 heavy (non-hydrogen) atoms. The summed E-state index contributed by atoms with van der Waals surface area (Å²) >= 11 is 0. The SMILES string of the molecule is Cc1ccc(Nc2ncnc(N3CCN(c4cccc(C)c4C)CC3)c2N)nc1. The number of nitrogens with zero attached hydrogens (tertiary/aromatic N) is 5. The molecule has 0 aliphatic carbocycles. The Morgan fingerprint density at radius 1 is 0.897 bits per heavy atom. The van der Waals surface area contributed by atoms with Crippen LogP contribution in [0.25, 0.3) is 0 Å². The second kappa shape index (κ2) is 7.95. The van der Waals surface area contributed by atoms with E-state index >= 15 is 0 Å². The smallest absolute Gasteiger partial charge is 0.160 e. The monoisotopic (exact) mass is 389 g/mol. The molecule has 7 heteroatoms. The largest absolute Gasteiger partial charge is 0.393 e. The minimum absolute atomic E-state index is 0.551. The lowest BCUT2D eigenvalue weighted by molar-refractivity contribution is 0.646. The molecular formula is C22H27N7. The molecule has 7 nitrogen and oxygen atoms in total. The summed E-state index contributed by atoms with van der Waals surface area (Å²) < 4.78 is 0. The van der Waals surface area contributed by atoms with Gasteiger partial charge in [-0.25, -0.2) is 15.0 Å². The van der Waals surface area contributed by atoms with Crippen molar-refractivity contribution < 1.29 is 0 Å². The van der Waals surface area contributed by atoms with E-state index < -0.39 is 0 Å². The Kier molecular flexibility index (Phi) is 5.20. The van der Waals surface area contributed by atoms with Crippen LogP contribution in [0, 0.1) is 20.8 Å². The van der Waals surface area contributed by atoms with Crippen molar-refractivity contribution in [2.45, 2.75) is 20.8 Å². The first-order valence-corrected chi connectivity index (χ1v) is 9.89. The molecule has 0 bridgehead atoms. The molecule has 3 aromatic rings. The maximum atomic E-state index is 6.41. The summed E-state index contributed by atoms with van der Waals surface area (Å²) in [6.07, 6.45) is 3.37. The van der Waals surface area contributed by atoms with Gasteiger partial charge in [0.1, 0.15) is 17.8 Å². The normalized spacial score (nSPS) is 14.2. The van der Waals surface area contributed by atoms with Gasteiger partial charge in [0.2, 0.25) is 0 Å². The zero-order chi connectivity index (χ0) is 20.4. The Balaban J connectivity index is 1.48. The Labute approximate surface area is 171 Å². The summed E-state index contributed by atoms with van der Waals surface area (Å²) in [7, 11) is 0. The van der Waals surface area contributed by atoms with Crippen LogP contribution in [0.4, 0.5) is 28.8 Å². The molecule has 1 saturated heterocycles. The summed E-state index contributed by atoms with van der Waals surface area (Å²) in [4.78, 5) is 17.8. The van der Waals surface area contributed by atoms with Crippen LogP contribution in [0.2, 0.25) is 0 Å². The third-order valence-corrected chi connectivity index (χ3v) is 5.52. The molecule has 1 aromatic carbocycles. The van der Waals surface area contributed by atoms with Crippen molar-refractivity contribution in [3.63, 3.8) is 0 Å². The van der Waals surface area contributed by atoms with E-state index in [-0.39, 0.29) is 0 Å². The molecule has 0 radical (unpaired) electrons. The first kappa shape index (κ1) is 19.0. The van der Waals surface area contributed by atoms with Gasteiger partial charge in [0.05, 0.1) is 0 Å². The highest BCUT2D eigenvalue weighted by molar-refractivity contribution is 5.77. The van der Waals surface area contributed by atoms with E-state index in [1.807, 2.05) is 25.3 Å². The second-order valence-electron chi connectivity index (χ2n) is 7.50. The van der Waals surface area contributed by atoms with Gasteiger partial charge < -0.3 is 20.9 Å². The number of hydrogen-bond donors (Lipinski definition) is 2. The number of nitrogen functional groups attached to an aromatic ring is 1. The first-order valence-electron chi connectivity index (χ1n) is 9.89. The average Bonchev–Trinajstić information content (AvgIpc) is 2.73. The van der Waals surface area contributed by atoms with Gasteiger partial charge in [0, 0.05) is 38.1 Å². The highest BCUT2D eigenvalue weighted by atomic mass is 15.3. The minimum atomic E-state index is 0.551. The van der Waals surface area contributed by atoms with Crippen LogP contribution in [-0.2, 0) is 0 Å². The zero-order valence-corrected chi connectivity index (χ0v) is 17.2. The number of rotatable bonds is 4. The number of nitrogens with two attached hydrogens (primary N) is 1. The van der Waals surface area contributed by atoms with Crippen molar-refractivity contribution >= 4 is 28.8 Å². The molecule has 0 saturated carbocycles. The van der Waals surface area contributed by atoms with Crippen molar-refractivity contribution in [2.24, 2.45) is 0 Å². The molecular weight excluding hydrogens is 362 g/mol. The molecule has 3 N–H and O–H groups in total. The van der Waals surface area contributed by atoms with Gasteiger partial charge in [-0.05, 0) is 49.6 Å². The fourth-order valence-electron chi connectivity index (χ4n) is 3.64. The topological polar surface area (TPSA) is 83.2 Å².